The van der Waals surface area contributed by atoms with Crippen LogP contribution in [0.3, 0.4) is 0 Å². The van der Waals surface area contributed by atoms with Gasteiger partial charge in [-0.05, 0) is 44.2 Å². The number of aryl methyl sites for hydroxylation is 1. The third-order valence-corrected chi connectivity index (χ3v) is 2.97. The minimum atomic E-state index is -0.294. The minimum absolute atomic E-state index is 0.0792. The molecule has 2 rings (SSSR count). The average Bonchev–Trinajstić information content (AvgIpc) is 2.43. The van der Waals surface area contributed by atoms with E-state index in [-0.39, 0.29) is 11.2 Å². The molecule has 0 radical (unpaired) electrons. The van der Waals surface area contributed by atoms with Crippen LogP contribution in [-0.4, -0.2) is 16.3 Å². The molecule has 1 N–H and O–H groups in total. The van der Waals surface area contributed by atoms with E-state index in [4.69, 9.17) is 0 Å². The van der Waals surface area contributed by atoms with Gasteiger partial charge in [-0.2, -0.15) is 5.10 Å². The molecule has 0 unspecified atom stereocenters. The van der Waals surface area contributed by atoms with Crippen LogP contribution in [0.25, 0.3) is 5.69 Å². The Balaban J connectivity index is 2.35. The molecule has 0 amide bonds. The van der Waals surface area contributed by atoms with Gasteiger partial charge in [-0.3, -0.25) is 4.79 Å². The van der Waals surface area contributed by atoms with Crippen molar-refractivity contribution in [1.82, 2.24) is 15.1 Å². The molecule has 106 valence electrons. The zero-order valence-corrected chi connectivity index (χ0v) is 11.7. The van der Waals surface area contributed by atoms with E-state index in [1.54, 1.807) is 29.8 Å². The summed E-state index contributed by atoms with van der Waals surface area (Å²) in [6, 6.07) is 7.60. The number of hydrogen-bond acceptors (Lipinski definition) is 3. The summed E-state index contributed by atoms with van der Waals surface area (Å²) in [6.07, 6.45) is 0.998. The van der Waals surface area contributed by atoms with Crippen molar-refractivity contribution in [3.05, 3.63) is 57.8 Å². The molecule has 0 bridgehead atoms. The lowest BCUT2D eigenvalue weighted by atomic mass is 10.2. The zero-order valence-electron chi connectivity index (χ0n) is 11.7. The van der Waals surface area contributed by atoms with Gasteiger partial charge in [0.25, 0.3) is 0 Å². The number of hydrogen-bond donors (Lipinski definition) is 1. The fraction of sp³-hybridized carbons (Fsp3) is 0.333. The van der Waals surface area contributed by atoms with Crippen LogP contribution in [0, 0.1) is 12.7 Å². The molecule has 4 nitrogen and oxygen atoms in total. The SMILES string of the molecule is CCCNCc1nn(-c2ccc(F)cc2)c(C)cc1=O. The monoisotopic (exact) mass is 275 g/mol. The summed E-state index contributed by atoms with van der Waals surface area (Å²) < 4.78 is 14.6. The van der Waals surface area contributed by atoms with Gasteiger partial charge in [0, 0.05) is 18.3 Å². The van der Waals surface area contributed by atoms with E-state index in [2.05, 4.69) is 17.3 Å². The van der Waals surface area contributed by atoms with Crippen LogP contribution in [0.5, 0.6) is 0 Å². The van der Waals surface area contributed by atoms with Gasteiger partial charge < -0.3 is 5.32 Å². The van der Waals surface area contributed by atoms with Gasteiger partial charge >= 0.3 is 0 Å². The third kappa shape index (κ3) is 3.30. The van der Waals surface area contributed by atoms with Gasteiger partial charge in [-0.15, -0.1) is 0 Å². The first-order valence-corrected chi connectivity index (χ1v) is 6.68. The van der Waals surface area contributed by atoms with E-state index in [0.29, 0.717) is 12.2 Å². The van der Waals surface area contributed by atoms with Crippen LogP contribution in [0.15, 0.2) is 35.1 Å². The van der Waals surface area contributed by atoms with E-state index < -0.39 is 0 Å². The summed E-state index contributed by atoms with van der Waals surface area (Å²) in [4.78, 5) is 11.9. The molecule has 0 atom stereocenters. The summed E-state index contributed by atoms with van der Waals surface area (Å²) in [5, 5.41) is 7.53. The van der Waals surface area contributed by atoms with Crippen LogP contribution in [0.2, 0.25) is 0 Å². The van der Waals surface area contributed by atoms with Gasteiger partial charge in [-0.1, -0.05) is 6.92 Å². The Morgan fingerprint density at radius 3 is 2.65 bits per heavy atom. The molecule has 0 aliphatic heterocycles. The smallest absolute Gasteiger partial charge is 0.204 e. The Bertz CT molecular complexity index is 635. The number of halogens is 1. The van der Waals surface area contributed by atoms with E-state index >= 15 is 0 Å². The molecule has 0 saturated carbocycles. The largest absolute Gasteiger partial charge is 0.311 e. The summed E-state index contributed by atoms with van der Waals surface area (Å²) in [5.74, 6) is -0.294. The van der Waals surface area contributed by atoms with E-state index in [1.807, 2.05) is 0 Å². The molecule has 0 fully saturated rings. The summed E-state index contributed by atoms with van der Waals surface area (Å²) in [5.41, 5.74) is 1.85. The predicted molar refractivity (Wildman–Crippen MR) is 76.5 cm³/mol. The van der Waals surface area contributed by atoms with Gasteiger partial charge in [0.1, 0.15) is 11.5 Å². The molecule has 0 aliphatic rings. The number of benzene rings is 1. The average molecular weight is 275 g/mol. The lowest BCUT2D eigenvalue weighted by Gasteiger charge is -2.11. The van der Waals surface area contributed by atoms with Crippen LogP contribution in [0.4, 0.5) is 4.39 Å². The molecule has 1 heterocycles. The van der Waals surface area contributed by atoms with E-state index in [9.17, 15) is 9.18 Å². The van der Waals surface area contributed by atoms with Gasteiger partial charge in [0.2, 0.25) is 5.43 Å². The number of rotatable bonds is 5. The van der Waals surface area contributed by atoms with Gasteiger partial charge in [-0.25, -0.2) is 9.07 Å². The number of nitrogens with one attached hydrogen (secondary N) is 1. The number of aromatic nitrogens is 2. The first kappa shape index (κ1) is 14.4. The van der Waals surface area contributed by atoms with Crippen molar-refractivity contribution in [3.8, 4) is 5.69 Å². The third-order valence-electron chi connectivity index (χ3n) is 2.97. The molecule has 0 spiro atoms. The van der Waals surface area contributed by atoms with Gasteiger partial charge in [0.15, 0.2) is 0 Å². The van der Waals surface area contributed by atoms with Gasteiger partial charge in [0.05, 0.1) is 5.69 Å². The highest BCUT2D eigenvalue weighted by Gasteiger charge is 2.07. The lowest BCUT2D eigenvalue weighted by Crippen LogP contribution is -2.25. The molecule has 1 aromatic heterocycles. The Morgan fingerprint density at radius 2 is 2.00 bits per heavy atom. The van der Waals surface area contributed by atoms with E-state index in [1.165, 1.54) is 12.1 Å². The summed E-state index contributed by atoms with van der Waals surface area (Å²) in [6.45, 7) is 5.15. The Hall–Kier alpha value is -2.01. The summed E-state index contributed by atoms with van der Waals surface area (Å²) >= 11 is 0. The fourth-order valence-corrected chi connectivity index (χ4v) is 1.93. The Kier molecular flexibility index (Phi) is 4.63. The van der Waals surface area contributed by atoms with Crippen LogP contribution < -0.4 is 10.7 Å². The molecular formula is C15H18FN3O. The maximum atomic E-state index is 13.0. The molecule has 1 aromatic carbocycles. The van der Waals surface area contributed by atoms with Crippen molar-refractivity contribution >= 4 is 0 Å². The molecule has 2 aromatic rings. The normalized spacial score (nSPS) is 10.8. The molecule has 20 heavy (non-hydrogen) atoms. The maximum absolute atomic E-state index is 13.0. The highest BCUT2D eigenvalue weighted by Crippen LogP contribution is 2.09. The molecule has 5 heteroatoms. The zero-order chi connectivity index (χ0) is 14.5. The first-order valence-electron chi connectivity index (χ1n) is 6.68. The second-order valence-electron chi connectivity index (χ2n) is 4.66. The highest BCUT2D eigenvalue weighted by atomic mass is 19.1. The standard InChI is InChI=1S/C15H18FN3O/c1-3-8-17-10-14-15(20)9-11(2)19(18-14)13-6-4-12(16)5-7-13/h4-7,9,17H,3,8,10H2,1-2H3. The topological polar surface area (TPSA) is 46.9 Å². The second-order valence-corrected chi connectivity index (χ2v) is 4.66. The fourth-order valence-electron chi connectivity index (χ4n) is 1.93. The quantitative estimate of drug-likeness (QED) is 0.851. The van der Waals surface area contributed by atoms with Crippen LogP contribution in [0.1, 0.15) is 24.7 Å². The molecule has 0 saturated heterocycles. The van der Waals surface area contributed by atoms with Crippen molar-refractivity contribution in [1.29, 1.82) is 0 Å². The van der Waals surface area contributed by atoms with Crippen molar-refractivity contribution in [2.45, 2.75) is 26.8 Å². The lowest BCUT2D eigenvalue weighted by molar-refractivity contribution is 0.623. The van der Waals surface area contributed by atoms with Crippen molar-refractivity contribution in [3.63, 3.8) is 0 Å². The second kappa shape index (κ2) is 6.43. The van der Waals surface area contributed by atoms with Crippen LogP contribution >= 0.6 is 0 Å². The van der Waals surface area contributed by atoms with Crippen molar-refractivity contribution in [2.24, 2.45) is 0 Å². The van der Waals surface area contributed by atoms with Crippen molar-refractivity contribution in [2.75, 3.05) is 6.54 Å². The molecule has 0 aliphatic carbocycles. The summed E-state index contributed by atoms with van der Waals surface area (Å²) in [7, 11) is 0. The van der Waals surface area contributed by atoms with E-state index in [0.717, 1.165) is 24.3 Å². The Morgan fingerprint density at radius 1 is 1.30 bits per heavy atom. The number of nitrogens with zero attached hydrogens (tertiary/aromatic N) is 2. The van der Waals surface area contributed by atoms with Crippen molar-refractivity contribution < 1.29 is 4.39 Å². The molecular weight excluding hydrogens is 257 g/mol. The highest BCUT2D eigenvalue weighted by molar-refractivity contribution is 5.32. The maximum Gasteiger partial charge on any atom is 0.204 e. The first-order chi connectivity index (χ1) is 9.61. The van der Waals surface area contributed by atoms with Crippen LogP contribution in [-0.2, 0) is 6.54 Å². The predicted octanol–water partition coefficient (Wildman–Crippen LogP) is 2.18. The Labute approximate surface area is 117 Å². The minimum Gasteiger partial charge on any atom is -0.311 e.